The normalized spacial score (nSPS) is 9.65. The summed E-state index contributed by atoms with van der Waals surface area (Å²) in [4.78, 5) is 42.5. The molecule has 0 fully saturated rings. The molecule has 0 aromatic carbocycles. The van der Waals surface area contributed by atoms with Crippen LogP contribution < -0.4 is 0 Å². The van der Waals surface area contributed by atoms with Gasteiger partial charge in [0.2, 0.25) is 0 Å². The fourth-order valence-electron chi connectivity index (χ4n) is 1.25. The Morgan fingerprint density at radius 1 is 0.962 bits per heavy atom. The number of aliphatic carboxylic acids is 1. The molecule has 0 amide bonds. The largest absolute Gasteiger partial charge is 0.478 e. The third-order valence-electron chi connectivity index (χ3n) is 2.70. The Kier molecular flexibility index (Phi) is 16.9. The molecule has 0 saturated heterocycles. The Labute approximate surface area is 153 Å². The summed E-state index contributed by atoms with van der Waals surface area (Å²) >= 11 is 0. The molecule has 0 aromatic heterocycles. The average Bonchev–Trinajstić information content (AvgIpc) is 2.60. The molecule has 0 aromatic rings. The van der Waals surface area contributed by atoms with E-state index < -0.39 is 23.9 Å². The van der Waals surface area contributed by atoms with Crippen molar-refractivity contribution in [1.29, 1.82) is 0 Å². The van der Waals surface area contributed by atoms with Crippen molar-refractivity contribution in [2.75, 3.05) is 20.3 Å². The van der Waals surface area contributed by atoms with Crippen LogP contribution in [0.1, 0.15) is 46.0 Å². The zero-order valence-electron chi connectivity index (χ0n) is 15.6. The fourth-order valence-corrected chi connectivity index (χ4v) is 1.25. The van der Waals surface area contributed by atoms with Gasteiger partial charge < -0.3 is 19.3 Å². The van der Waals surface area contributed by atoms with Crippen molar-refractivity contribution >= 4 is 23.9 Å². The minimum atomic E-state index is -1.17. The first-order valence-electron chi connectivity index (χ1n) is 8.27. The summed E-state index contributed by atoms with van der Waals surface area (Å²) in [5.74, 6) is -2.76. The lowest BCUT2D eigenvalue weighted by molar-refractivity contribution is -0.146. The first-order valence-corrected chi connectivity index (χ1v) is 8.27. The lowest BCUT2D eigenvalue weighted by atomic mass is 10.2. The van der Waals surface area contributed by atoms with Crippen molar-refractivity contribution in [3.63, 3.8) is 0 Å². The summed E-state index contributed by atoms with van der Waals surface area (Å²) in [6.45, 7) is 8.32. The molecule has 0 spiro atoms. The van der Waals surface area contributed by atoms with Gasteiger partial charge in [-0.1, -0.05) is 33.3 Å². The molecular formula is C18H28O8. The number of rotatable bonds is 11. The fraction of sp³-hybridized carbons (Fsp3) is 0.556. The summed E-state index contributed by atoms with van der Waals surface area (Å²) in [6, 6.07) is 0. The first kappa shape index (κ1) is 25.6. The maximum atomic E-state index is 11.4. The van der Waals surface area contributed by atoms with Gasteiger partial charge in [-0.25, -0.2) is 14.4 Å². The molecule has 26 heavy (non-hydrogen) atoms. The molecule has 8 heteroatoms. The number of methoxy groups -OCH3 is 1. The Morgan fingerprint density at radius 3 is 1.96 bits per heavy atom. The Morgan fingerprint density at radius 2 is 1.50 bits per heavy atom. The van der Waals surface area contributed by atoms with Crippen LogP contribution in [0.3, 0.4) is 0 Å². The number of carboxylic acids is 1. The number of carbonyl (C=O) groups is 4. The monoisotopic (exact) mass is 372 g/mol. The van der Waals surface area contributed by atoms with Gasteiger partial charge in [-0.15, -0.1) is 0 Å². The van der Waals surface area contributed by atoms with E-state index in [0.29, 0.717) is 19.3 Å². The van der Waals surface area contributed by atoms with E-state index in [-0.39, 0.29) is 12.0 Å². The first-order chi connectivity index (χ1) is 12.3. The van der Waals surface area contributed by atoms with E-state index in [4.69, 9.17) is 14.6 Å². The van der Waals surface area contributed by atoms with Gasteiger partial charge in [0, 0.05) is 17.7 Å². The molecular weight excluding hydrogens is 344 g/mol. The highest BCUT2D eigenvalue weighted by Crippen LogP contribution is 2.04. The molecule has 0 aliphatic carbocycles. The van der Waals surface area contributed by atoms with Crippen LogP contribution in [0, 0.1) is 0 Å². The molecule has 0 heterocycles. The van der Waals surface area contributed by atoms with Crippen LogP contribution in [0.25, 0.3) is 0 Å². The predicted molar refractivity (Wildman–Crippen MR) is 94.3 cm³/mol. The molecule has 0 aliphatic rings. The van der Waals surface area contributed by atoms with Crippen LogP contribution in [0.4, 0.5) is 0 Å². The van der Waals surface area contributed by atoms with Crippen molar-refractivity contribution in [3.8, 4) is 0 Å². The van der Waals surface area contributed by atoms with Crippen LogP contribution in [0.15, 0.2) is 24.3 Å². The molecule has 0 saturated carbocycles. The van der Waals surface area contributed by atoms with Crippen molar-refractivity contribution in [2.24, 2.45) is 0 Å². The second-order valence-electron chi connectivity index (χ2n) is 5.04. The van der Waals surface area contributed by atoms with Crippen molar-refractivity contribution < 1.29 is 38.5 Å². The smallest absolute Gasteiger partial charge is 0.333 e. The minimum Gasteiger partial charge on any atom is -0.478 e. The van der Waals surface area contributed by atoms with Crippen LogP contribution in [0.2, 0.25) is 0 Å². The number of ether oxygens (including phenoxy) is 3. The molecule has 148 valence electrons. The minimum absolute atomic E-state index is 0.0886. The van der Waals surface area contributed by atoms with E-state index in [0.717, 1.165) is 31.8 Å². The van der Waals surface area contributed by atoms with Gasteiger partial charge in [-0.05, 0) is 12.8 Å². The van der Waals surface area contributed by atoms with Crippen LogP contribution in [0.5, 0.6) is 0 Å². The van der Waals surface area contributed by atoms with Crippen molar-refractivity contribution in [2.45, 2.75) is 46.0 Å². The van der Waals surface area contributed by atoms with E-state index in [1.54, 1.807) is 0 Å². The summed E-state index contributed by atoms with van der Waals surface area (Å²) < 4.78 is 14.0. The van der Waals surface area contributed by atoms with E-state index in [1.807, 2.05) is 13.8 Å². The van der Waals surface area contributed by atoms with Gasteiger partial charge in [0.05, 0.1) is 26.7 Å². The SMILES string of the molecule is C=C(CC(=O)OCCCC)C(=O)OCCCC.COC(=O)/C=C/C(=O)O. The second kappa shape index (κ2) is 17.2. The standard InChI is InChI=1S/C13H22O4.C5H6O4/c1-4-6-8-16-12(14)10-11(3)13(15)17-9-7-5-2;1-9-5(8)3-2-4(6)7/h3-10H2,1-2H3;2-3H,1H3,(H,6,7)/b;3-2+. The second-order valence-corrected chi connectivity index (χ2v) is 5.04. The number of carbonyl (C=O) groups excluding carboxylic acids is 3. The Balaban J connectivity index is 0. The van der Waals surface area contributed by atoms with E-state index in [9.17, 15) is 19.2 Å². The highest BCUT2D eigenvalue weighted by atomic mass is 16.5. The Bertz CT molecular complexity index is 493. The third kappa shape index (κ3) is 17.7. The maximum Gasteiger partial charge on any atom is 0.333 e. The summed E-state index contributed by atoms with van der Waals surface area (Å²) in [6.07, 6.45) is 5.04. The van der Waals surface area contributed by atoms with Gasteiger partial charge in [-0.3, -0.25) is 4.79 Å². The zero-order chi connectivity index (χ0) is 20.4. The van der Waals surface area contributed by atoms with E-state index in [1.165, 1.54) is 7.11 Å². The van der Waals surface area contributed by atoms with Gasteiger partial charge in [0.15, 0.2) is 0 Å². The average molecular weight is 372 g/mol. The Hall–Kier alpha value is -2.64. The lowest BCUT2D eigenvalue weighted by Crippen LogP contribution is -2.13. The van der Waals surface area contributed by atoms with Crippen LogP contribution in [-0.2, 0) is 33.4 Å². The van der Waals surface area contributed by atoms with Crippen LogP contribution in [-0.4, -0.2) is 49.3 Å². The number of carboxylic acid groups (broad SMARTS) is 1. The molecule has 0 bridgehead atoms. The number of unbranched alkanes of at least 4 members (excludes halogenated alkanes) is 2. The molecule has 0 radical (unpaired) electrons. The zero-order valence-corrected chi connectivity index (χ0v) is 15.6. The third-order valence-corrected chi connectivity index (χ3v) is 2.70. The van der Waals surface area contributed by atoms with Gasteiger partial charge in [0.25, 0.3) is 0 Å². The van der Waals surface area contributed by atoms with Gasteiger partial charge in [-0.2, -0.15) is 0 Å². The predicted octanol–water partition coefficient (Wildman–Crippen LogP) is 2.42. The number of hydrogen-bond acceptors (Lipinski definition) is 7. The van der Waals surface area contributed by atoms with Crippen LogP contribution >= 0.6 is 0 Å². The van der Waals surface area contributed by atoms with E-state index >= 15 is 0 Å². The topological polar surface area (TPSA) is 116 Å². The molecule has 0 aliphatic heterocycles. The summed E-state index contributed by atoms with van der Waals surface area (Å²) in [5, 5.41) is 7.96. The quantitative estimate of drug-likeness (QED) is 0.254. The van der Waals surface area contributed by atoms with Gasteiger partial charge >= 0.3 is 23.9 Å². The van der Waals surface area contributed by atoms with Crippen molar-refractivity contribution in [1.82, 2.24) is 0 Å². The molecule has 0 unspecified atom stereocenters. The summed E-state index contributed by atoms with van der Waals surface area (Å²) in [5.41, 5.74) is 0.155. The molecule has 8 nitrogen and oxygen atoms in total. The van der Waals surface area contributed by atoms with Crippen molar-refractivity contribution in [3.05, 3.63) is 24.3 Å². The van der Waals surface area contributed by atoms with Gasteiger partial charge in [0.1, 0.15) is 0 Å². The highest BCUT2D eigenvalue weighted by molar-refractivity contribution is 5.93. The number of esters is 3. The number of hydrogen-bond donors (Lipinski definition) is 1. The molecule has 0 atom stereocenters. The summed E-state index contributed by atoms with van der Waals surface area (Å²) in [7, 11) is 1.18. The lowest BCUT2D eigenvalue weighted by Gasteiger charge is -2.07. The molecule has 0 rings (SSSR count). The highest BCUT2D eigenvalue weighted by Gasteiger charge is 2.13. The molecule has 1 N–H and O–H groups in total. The van der Waals surface area contributed by atoms with E-state index in [2.05, 4.69) is 11.3 Å². The maximum absolute atomic E-state index is 11.4.